The molecule has 40 heavy (non-hydrogen) atoms. The number of fused-ring (bicyclic) bond motifs is 2. The Balaban J connectivity index is 2.04. The van der Waals surface area contributed by atoms with Crippen molar-refractivity contribution in [3.8, 4) is 39.3 Å². The molecule has 2 aliphatic rings. The highest BCUT2D eigenvalue weighted by Crippen LogP contribution is 2.49. The lowest BCUT2D eigenvalue weighted by molar-refractivity contribution is 0.0697. The molecule has 202 valence electrons. The first-order valence-corrected chi connectivity index (χ1v) is 13.2. The summed E-state index contributed by atoms with van der Waals surface area (Å²) in [6.45, 7) is 5.13. The van der Waals surface area contributed by atoms with Crippen molar-refractivity contribution in [1.82, 2.24) is 0 Å². The number of phenolic OH excluding ortho intramolecular Hbond substituents is 1. The van der Waals surface area contributed by atoms with Crippen molar-refractivity contribution in [2.24, 2.45) is 5.41 Å². The fraction of sp³-hybridized carbons (Fsp3) is 0.129. The summed E-state index contributed by atoms with van der Waals surface area (Å²) < 4.78 is 6.01. The number of carboxylic acids is 1. The molecule has 1 heterocycles. The number of hydrogen-bond donors (Lipinski definition) is 2. The molecule has 0 fully saturated rings. The first-order valence-electron chi connectivity index (χ1n) is 12.1. The number of benzene rings is 4. The molecule has 1 aliphatic carbocycles. The predicted octanol–water partition coefficient (Wildman–Crippen LogP) is 8.82. The number of hydrogen-bond acceptors (Lipinski definition) is 5. The smallest absolute Gasteiger partial charge is 0.337 e. The fourth-order valence-electron chi connectivity index (χ4n) is 4.68. The van der Waals surface area contributed by atoms with E-state index in [1.54, 1.807) is 51.1 Å². The zero-order chi connectivity index (χ0) is 29.1. The second-order valence-electron chi connectivity index (χ2n) is 10.3. The van der Waals surface area contributed by atoms with Crippen LogP contribution < -0.4 is 5.43 Å². The number of carbonyl (C=O) groups excluding carboxylic acids is 1. The fourth-order valence-corrected chi connectivity index (χ4v) is 5.46. The van der Waals surface area contributed by atoms with E-state index in [0.717, 1.165) is 0 Å². The normalized spacial score (nSPS) is 11.8. The third kappa shape index (κ3) is 4.62. The van der Waals surface area contributed by atoms with E-state index < -0.39 is 16.8 Å². The molecule has 0 saturated carbocycles. The highest BCUT2D eigenvalue weighted by atomic mass is 35.5. The monoisotopic (exact) mass is 594 g/mol. The molecular weight excluding hydrogens is 575 g/mol. The number of aromatic carboxylic acids is 1. The summed E-state index contributed by atoms with van der Waals surface area (Å²) in [7, 11) is 0. The topological polar surface area (TPSA) is 105 Å². The van der Waals surface area contributed by atoms with Gasteiger partial charge in [-0.1, -0.05) is 85.9 Å². The van der Waals surface area contributed by atoms with Gasteiger partial charge in [-0.15, -0.1) is 0 Å². The van der Waals surface area contributed by atoms with Crippen molar-refractivity contribution in [1.29, 1.82) is 0 Å². The summed E-state index contributed by atoms with van der Waals surface area (Å²) in [6.07, 6.45) is 0. The average molecular weight is 596 g/mol. The number of halogens is 3. The van der Waals surface area contributed by atoms with E-state index in [1.807, 2.05) is 6.07 Å². The molecule has 0 atom stereocenters. The summed E-state index contributed by atoms with van der Waals surface area (Å²) in [5.74, 6) is -1.77. The lowest BCUT2D eigenvalue weighted by Gasteiger charge is -2.23. The van der Waals surface area contributed by atoms with Gasteiger partial charge in [0.05, 0.1) is 20.6 Å². The molecule has 0 bridgehead atoms. The third-order valence-electron chi connectivity index (χ3n) is 6.58. The minimum Gasteiger partial charge on any atom is -0.507 e. The maximum Gasteiger partial charge on any atom is 0.337 e. The minimum atomic E-state index is -1.38. The van der Waals surface area contributed by atoms with Crippen molar-refractivity contribution in [3.05, 3.63) is 97.1 Å². The van der Waals surface area contributed by atoms with Crippen molar-refractivity contribution in [2.75, 3.05) is 0 Å². The van der Waals surface area contributed by atoms with Gasteiger partial charge in [-0.2, -0.15) is 0 Å². The highest BCUT2D eigenvalue weighted by Gasteiger charge is 2.33. The number of Topliss-reactive ketones (excluding diaryl/α,β-unsaturated/α-hetero) is 1. The standard InChI is InChI=1S/C31H21Cl3O6/c1-31(2,3)29(37)18-11-20(33)26(30(38)39)27(28(18)34)25-16-9-15(14-7-5-4-6-8-14)21(35)12-23(16)40-24-13-22(36)19(32)10-17(24)25/h4-13,35H,1-3H3,(H,38,39). The largest absolute Gasteiger partial charge is 0.507 e. The van der Waals surface area contributed by atoms with Gasteiger partial charge in [-0.05, 0) is 23.8 Å². The molecule has 0 unspecified atom stereocenters. The Kier molecular flexibility index (Phi) is 6.91. The predicted molar refractivity (Wildman–Crippen MR) is 157 cm³/mol. The number of carbonyl (C=O) groups is 2. The van der Waals surface area contributed by atoms with Crippen LogP contribution >= 0.6 is 34.8 Å². The van der Waals surface area contributed by atoms with Crippen LogP contribution in [0.3, 0.4) is 0 Å². The maximum atomic E-state index is 13.4. The molecule has 5 rings (SSSR count). The number of aromatic hydroxyl groups is 1. The van der Waals surface area contributed by atoms with Crippen LogP contribution in [0.25, 0.3) is 44.5 Å². The quantitative estimate of drug-likeness (QED) is 0.159. The highest BCUT2D eigenvalue weighted by molar-refractivity contribution is 6.42. The number of rotatable bonds is 4. The number of phenols is 1. The Bertz CT molecular complexity index is 1880. The Hall–Kier alpha value is -3.84. The number of ketones is 1. The van der Waals surface area contributed by atoms with Crippen LogP contribution in [0.15, 0.2) is 69.9 Å². The lowest BCUT2D eigenvalue weighted by atomic mass is 9.83. The molecule has 9 heteroatoms. The SMILES string of the molecule is CC(C)(C)C(=O)c1cc(Cl)c(C(=O)O)c(-c2c3cc(Cl)c(=O)cc-3oc3cc(O)c(-c4ccccc4)cc23)c1Cl. The second-order valence-corrected chi connectivity index (χ2v) is 11.5. The van der Waals surface area contributed by atoms with Crippen LogP contribution in [-0.2, 0) is 0 Å². The minimum absolute atomic E-state index is 0.0369. The Morgan fingerprint density at radius 3 is 2.15 bits per heavy atom. The van der Waals surface area contributed by atoms with Crippen molar-refractivity contribution >= 4 is 57.5 Å². The summed E-state index contributed by atoms with van der Waals surface area (Å²) in [4.78, 5) is 38.5. The van der Waals surface area contributed by atoms with Gasteiger partial charge in [0.25, 0.3) is 0 Å². The number of carboxylic acid groups (broad SMARTS) is 1. The zero-order valence-electron chi connectivity index (χ0n) is 21.4. The molecule has 0 aromatic heterocycles. The Labute approximate surface area is 243 Å². The molecular formula is C31H21Cl3O6. The molecule has 6 nitrogen and oxygen atoms in total. The van der Waals surface area contributed by atoms with Gasteiger partial charge in [0.2, 0.25) is 5.43 Å². The van der Waals surface area contributed by atoms with Gasteiger partial charge in [0.1, 0.15) is 17.1 Å². The molecule has 0 spiro atoms. The van der Waals surface area contributed by atoms with Crippen molar-refractivity contribution < 1.29 is 24.2 Å². The van der Waals surface area contributed by atoms with Crippen LogP contribution in [0.2, 0.25) is 15.1 Å². The molecule has 2 N–H and O–H groups in total. The van der Waals surface area contributed by atoms with Gasteiger partial charge in [0.15, 0.2) is 5.78 Å². The first-order chi connectivity index (χ1) is 18.8. The molecule has 3 aromatic carbocycles. The summed E-state index contributed by atoms with van der Waals surface area (Å²) in [5.41, 5.74) is 0.00227. The van der Waals surface area contributed by atoms with E-state index in [4.69, 9.17) is 39.2 Å². The lowest BCUT2D eigenvalue weighted by Crippen LogP contribution is -2.21. The maximum absolute atomic E-state index is 13.4. The van der Waals surface area contributed by atoms with Gasteiger partial charge in [0, 0.05) is 50.8 Å². The second kappa shape index (κ2) is 9.97. The Morgan fingerprint density at radius 2 is 1.52 bits per heavy atom. The van der Waals surface area contributed by atoms with E-state index in [9.17, 15) is 24.6 Å². The summed E-state index contributed by atoms with van der Waals surface area (Å²) >= 11 is 19.7. The Morgan fingerprint density at radius 1 is 0.850 bits per heavy atom. The van der Waals surface area contributed by atoms with Gasteiger partial charge < -0.3 is 14.6 Å². The van der Waals surface area contributed by atoms with Crippen molar-refractivity contribution in [3.63, 3.8) is 0 Å². The summed E-state index contributed by atoms with van der Waals surface area (Å²) in [6, 6.07) is 15.8. The zero-order valence-corrected chi connectivity index (χ0v) is 23.7. The molecule has 1 aliphatic heterocycles. The van der Waals surface area contributed by atoms with E-state index in [0.29, 0.717) is 16.5 Å². The van der Waals surface area contributed by atoms with E-state index in [2.05, 4.69) is 0 Å². The molecule has 3 aromatic rings. The van der Waals surface area contributed by atoms with E-state index in [-0.39, 0.29) is 65.8 Å². The first kappa shape index (κ1) is 27.7. The van der Waals surface area contributed by atoms with Crippen LogP contribution in [0.1, 0.15) is 41.5 Å². The third-order valence-corrected chi connectivity index (χ3v) is 7.57. The summed E-state index contributed by atoms with van der Waals surface area (Å²) in [5, 5.41) is 21.1. The molecule has 0 radical (unpaired) electrons. The molecule has 0 saturated heterocycles. The van der Waals surface area contributed by atoms with E-state index >= 15 is 0 Å². The van der Waals surface area contributed by atoms with Crippen LogP contribution in [0.4, 0.5) is 0 Å². The van der Waals surface area contributed by atoms with Gasteiger partial charge in [-0.3, -0.25) is 9.59 Å². The van der Waals surface area contributed by atoms with Crippen molar-refractivity contribution in [2.45, 2.75) is 20.8 Å². The van der Waals surface area contributed by atoms with E-state index in [1.165, 1.54) is 24.3 Å². The van der Waals surface area contributed by atoms with Crippen LogP contribution in [0, 0.1) is 5.41 Å². The van der Waals surface area contributed by atoms with Crippen LogP contribution in [0.5, 0.6) is 5.75 Å². The molecule has 0 amide bonds. The van der Waals surface area contributed by atoms with Gasteiger partial charge in [-0.25, -0.2) is 4.79 Å². The average Bonchev–Trinajstić information content (AvgIpc) is 2.88. The van der Waals surface area contributed by atoms with Gasteiger partial charge >= 0.3 is 5.97 Å². The van der Waals surface area contributed by atoms with Crippen LogP contribution in [-0.4, -0.2) is 22.0 Å².